The molecule has 2 aromatic rings. The van der Waals surface area contributed by atoms with Crippen molar-refractivity contribution in [1.29, 1.82) is 0 Å². The molecule has 0 aliphatic rings. The first kappa shape index (κ1) is 33.5. The topological polar surface area (TPSA) is 66.8 Å². The second-order valence-electron chi connectivity index (χ2n) is 11.3. The molecular weight excluding hydrogens is 496 g/mol. The number of benzene rings is 2. The molecule has 0 aromatic heterocycles. The quantitative estimate of drug-likeness (QED) is 0.0625. The van der Waals surface area contributed by atoms with Crippen molar-refractivity contribution < 1.29 is 19.7 Å². The molecule has 0 fully saturated rings. The van der Waals surface area contributed by atoms with Gasteiger partial charge in [0, 0.05) is 12.5 Å². The lowest BCUT2D eigenvalue weighted by atomic mass is 10.0. The minimum atomic E-state index is -0.175. The first-order valence-electron chi connectivity index (χ1n) is 16.1. The van der Waals surface area contributed by atoms with Gasteiger partial charge in [-0.15, -0.1) is 0 Å². The van der Waals surface area contributed by atoms with E-state index in [4.69, 9.17) is 4.74 Å². The Kier molecular flexibility index (Phi) is 18.4. The zero-order chi connectivity index (χ0) is 28.7. The Morgan fingerprint density at radius 2 is 0.975 bits per heavy atom. The summed E-state index contributed by atoms with van der Waals surface area (Å²) in [6, 6.07) is 11.8. The molecule has 4 nitrogen and oxygen atoms in total. The maximum atomic E-state index is 12.2. The SMILES string of the molecule is CCCCCCCCCCCCCCCCCCCCCC(=O)Oc1ccc(/C=C/c2cc(O)cc(O)c2)cc1. The van der Waals surface area contributed by atoms with Gasteiger partial charge in [-0.05, 0) is 41.8 Å². The third kappa shape index (κ3) is 17.0. The van der Waals surface area contributed by atoms with E-state index in [2.05, 4.69) is 6.92 Å². The smallest absolute Gasteiger partial charge is 0.311 e. The van der Waals surface area contributed by atoms with Crippen molar-refractivity contribution in [2.75, 3.05) is 0 Å². The lowest BCUT2D eigenvalue weighted by Gasteiger charge is -2.05. The Hall–Kier alpha value is -2.75. The number of phenols is 2. The standard InChI is InChI=1S/C36H54O4/c1-2-3-4-5-6-7-8-9-10-11-12-13-14-15-16-17-18-19-20-21-36(39)40-35-26-24-31(25-27-35)22-23-32-28-33(37)30-34(38)29-32/h22-30,37-38H,2-21H2,1H3/b23-22+. The van der Waals surface area contributed by atoms with E-state index in [1.165, 1.54) is 115 Å². The van der Waals surface area contributed by atoms with Gasteiger partial charge >= 0.3 is 5.97 Å². The second-order valence-corrected chi connectivity index (χ2v) is 11.3. The molecule has 0 saturated heterocycles. The number of rotatable bonds is 23. The predicted molar refractivity (Wildman–Crippen MR) is 169 cm³/mol. The zero-order valence-electron chi connectivity index (χ0n) is 25.0. The van der Waals surface area contributed by atoms with Crippen LogP contribution in [-0.2, 0) is 4.79 Å². The summed E-state index contributed by atoms with van der Waals surface area (Å²) in [4.78, 5) is 12.2. The van der Waals surface area contributed by atoms with Crippen molar-refractivity contribution in [3.63, 3.8) is 0 Å². The highest BCUT2D eigenvalue weighted by Crippen LogP contribution is 2.23. The van der Waals surface area contributed by atoms with E-state index in [1.54, 1.807) is 30.3 Å². The van der Waals surface area contributed by atoms with E-state index < -0.39 is 0 Å². The van der Waals surface area contributed by atoms with Gasteiger partial charge in [-0.25, -0.2) is 0 Å². The molecule has 0 unspecified atom stereocenters. The maximum Gasteiger partial charge on any atom is 0.311 e. The summed E-state index contributed by atoms with van der Waals surface area (Å²) in [5, 5.41) is 19.1. The van der Waals surface area contributed by atoms with Crippen molar-refractivity contribution in [1.82, 2.24) is 0 Å². The van der Waals surface area contributed by atoms with Crippen LogP contribution in [0.5, 0.6) is 17.2 Å². The van der Waals surface area contributed by atoms with Crippen molar-refractivity contribution in [3.8, 4) is 17.2 Å². The first-order valence-corrected chi connectivity index (χ1v) is 16.1. The third-order valence-electron chi connectivity index (χ3n) is 7.49. The molecule has 0 spiro atoms. The molecule has 0 amide bonds. The number of phenolic OH excluding ortho intramolecular Hbond substituents is 2. The highest BCUT2D eigenvalue weighted by Gasteiger charge is 2.05. The van der Waals surface area contributed by atoms with Crippen LogP contribution in [0, 0.1) is 0 Å². The largest absolute Gasteiger partial charge is 0.508 e. The highest BCUT2D eigenvalue weighted by atomic mass is 16.5. The zero-order valence-corrected chi connectivity index (χ0v) is 25.0. The predicted octanol–water partition coefficient (Wildman–Crippen LogP) is 11.0. The number of ether oxygens (including phenoxy) is 1. The fourth-order valence-corrected chi connectivity index (χ4v) is 5.08. The van der Waals surface area contributed by atoms with Gasteiger partial charge in [-0.3, -0.25) is 4.79 Å². The summed E-state index contributed by atoms with van der Waals surface area (Å²) in [6.07, 6.45) is 29.6. The Balaban J connectivity index is 1.39. The lowest BCUT2D eigenvalue weighted by Crippen LogP contribution is -2.07. The molecule has 4 heteroatoms. The van der Waals surface area contributed by atoms with E-state index in [0.29, 0.717) is 17.7 Å². The minimum Gasteiger partial charge on any atom is -0.508 e. The molecule has 40 heavy (non-hydrogen) atoms. The van der Waals surface area contributed by atoms with Crippen LogP contribution in [0.2, 0.25) is 0 Å². The molecule has 0 atom stereocenters. The molecule has 0 saturated carbocycles. The van der Waals surface area contributed by atoms with Gasteiger partial charge in [-0.2, -0.15) is 0 Å². The Morgan fingerprint density at radius 3 is 1.43 bits per heavy atom. The number of aromatic hydroxyl groups is 2. The third-order valence-corrected chi connectivity index (χ3v) is 7.49. The van der Waals surface area contributed by atoms with Gasteiger partial charge in [0.2, 0.25) is 0 Å². The van der Waals surface area contributed by atoms with Gasteiger partial charge in [0.15, 0.2) is 0 Å². The Morgan fingerprint density at radius 1 is 0.575 bits per heavy atom. The van der Waals surface area contributed by atoms with Crippen LogP contribution in [0.25, 0.3) is 12.2 Å². The number of carbonyl (C=O) groups is 1. The average Bonchev–Trinajstić information content (AvgIpc) is 2.93. The van der Waals surface area contributed by atoms with Gasteiger partial charge in [0.05, 0.1) is 0 Å². The molecule has 222 valence electrons. The summed E-state index contributed by atoms with van der Waals surface area (Å²) in [6.45, 7) is 2.28. The van der Waals surface area contributed by atoms with Crippen LogP contribution in [-0.4, -0.2) is 16.2 Å². The summed E-state index contributed by atoms with van der Waals surface area (Å²) >= 11 is 0. The fraction of sp³-hybridized carbons (Fsp3) is 0.583. The number of unbranched alkanes of at least 4 members (excludes halogenated alkanes) is 18. The molecule has 0 aliphatic carbocycles. The molecule has 0 aliphatic heterocycles. The second kappa shape index (κ2) is 22.0. The van der Waals surface area contributed by atoms with Crippen molar-refractivity contribution in [3.05, 3.63) is 53.6 Å². The van der Waals surface area contributed by atoms with E-state index in [1.807, 2.05) is 18.2 Å². The van der Waals surface area contributed by atoms with Crippen molar-refractivity contribution in [2.24, 2.45) is 0 Å². The minimum absolute atomic E-state index is 0.0203. The van der Waals surface area contributed by atoms with Crippen molar-refractivity contribution >= 4 is 18.1 Å². The number of esters is 1. The molecule has 0 heterocycles. The molecule has 2 aromatic carbocycles. The van der Waals surface area contributed by atoms with Crippen LogP contribution in [0.3, 0.4) is 0 Å². The Labute approximate surface area is 243 Å². The van der Waals surface area contributed by atoms with Gasteiger partial charge in [0.25, 0.3) is 0 Å². The van der Waals surface area contributed by atoms with Crippen molar-refractivity contribution in [2.45, 2.75) is 135 Å². The summed E-state index contributed by atoms with van der Waals surface area (Å²) in [5.41, 5.74) is 1.63. The maximum absolute atomic E-state index is 12.2. The summed E-state index contributed by atoms with van der Waals surface area (Å²) < 4.78 is 5.47. The first-order chi connectivity index (χ1) is 19.6. The molecule has 2 rings (SSSR count). The van der Waals surface area contributed by atoms with Crippen LogP contribution < -0.4 is 4.74 Å². The normalized spacial score (nSPS) is 11.3. The van der Waals surface area contributed by atoms with E-state index >= 15 is 0 Å². The number of hydrogen-bond donors (Lipinski definition) is 2. The highest BCUT2D eigenvalue weighted by molar-refractivity contribution is 5.73. The van der Waals surface area contributed by atoms with Crippen LogP contribution >= 0.6 is 0 Å². The van der Waals surface area contributed by atoms with E-state index in [9.17, 15) is 15.0 Å². The number of carbonyl (C=O) groups excluding carboxylic acids is 1. The van der Waals surface area contributed by atoms with Gasteiger partial charge in [0.1, 0.15) is 17.2 Å². The summed E-state index contributed by atoms with van der Waals surface area (Å²) in [7, 11) is 0. The average molecular weight is 551 g/mol. The summed E-state index contributed by atoms with van der Waals surface area (Å²) in [5.74, 6) is 0.416. The lowest BCUT2D eigenvalue weighted by molar-refractivity contribution is -0.134. The molecule has 0 radical (unpaired) electrons. The van der Waals surface area contributed by atoms with Crippen LogP contribution in [0.4, 0.5) is 0 Å². The molecular formula is C36H54O4. The van der Waals surface area contributed by atoms with Crippen LogP contribution in [0.1, 0.15) is 146 Å². The Bertz CT molecular complexity index is 928. The molecule has 0 bridgehead atoms. The monoisotopic (exact) mass is 550 g/mol. The van der Waals surface area contributed by atoms with Gasteiger partial charge < -0.3 is 14.9 Å². The van der Waals surface area contributed by atoms with Gasteiger partial charge in [-0.1, -0.05) is 147 Å². The fourth-order valence-electron chi connectivity index (χ4n) is 5.08. The van der Waals surface area contributed by atoms with Crippen LogP contribution in [0.15, 0.2) is 42.5 Å². The number of hydrogen-bond acceptors (Lipinski definition) is 4. The molecule has 2 N–H and O–H groups in total. The van der Waals surface area contributed by atoms with E-state index in [0.717, 1.165) is 18.4 Å². The van der Waals surface area contributed by atoms with E-state index in [-0.39, 0.29) is 17.5 Å².